The molecule has 3 heteroatoms. The molecule has 0 aliphatic rings. The Kier molecular flexibility index (Phi) is 7.14. The van der Waals surface area contributed by atoms with Gasteiger partial charge in [-0.1, -0.05) is 27.7 Å². The molecule has 1 aromatic rings. The Hall–Kier alpha value is -0.830. The fraction of sp³-hybridized carbons (Fsp3) is 0.812. The van der Waals surface area contributed by atoms with Crippen LogP contribution in [0.15, 0.2) is 12.3 Å². The largest absolute Gasteiger partial charge is 0.319 e. The molecular weight excluding hydrogens is 234 g/mol. The molecule has 1 heterocycles. The van der Waals surface area contributed by atoms with Crippen LogP contribution in [-0.2, 0) is 6.42 Å². The Balaban J connectivity index is 2.64. The van der Waals surface area contributed by atoms with Crippen LogP contribution in [0.25, 0.3) is 0 Å². The van der Waals surface area contributed by atoms with Gasteiger partial charge in [-0.2, -0.15) is 5.10 Å². The lowest BCUT2D eigenvalue weighted by molar-refractivity contribution is 0.384. The summed E-state index contributed by atoms with van der Waals surface area (Å²) in [5.41, 5.74) is 1.24. The first-order valence-electron chi connectivity index (χ1n) is 7.79. The van der Waals surface area contributed by atoms with Crippen LogP contribution >= 0.6 is 0 Å². The smallest absolute Gasteiger partial charge is 0.0627 e. The van der Waals surface area contributed by atoms with Crippen LogP contribution in [-0.4, -0.2) is 23.4 Å². The van der Waals surface area contributed by atoms with Crippen LogP contribution in [0.2, 0.25) is 0 Å². The molecule has 1 rings (SSSR count). The predicted molar refractivity (Wildman–Crippen MR) is 82.4 cm³/mol. The molecular formula is C16H31N3. The maximum absolute atomic E-state index is 4.77. The van der Waals surface area contributed by atoms with E-state index in [1.165, 1.54) is 12.1 Å². The van der Waals surface area contributed by atoms with Gasteiger partial charge >= 0.3 is 0 Å². The highest BCUT2D eigenvalue weighted by atomic mass is 15.3. The van der Waals surface area contributed by atoms with E-state index in [-0.39, 0.29) is 0 Å². The summed E-state index contributed by atoms with van der Waals surface area (Å²) in [6.45, 7) is 10.1. The average Bonchev–Trinajstić information content (AvgIpc) is 2.78. The van der Waals surface area contributed by atoms with Crippen LogP contribution in [0, 0.1) is 11.8 Å². The molecule has 0 radical (unpaired) electrons. The normalized spacial score (nSPS) is 13.4. The van der Waals surface area contributed by atoms with Crippen molar-refractivity contribution in [2.24, 2.45) is 11.8 Å². The SMILES string of the molecule is CCC(CC)n1ccc(CC(CNC)CC(C)C)n1. The molecule has 0 aliphatic carbocycles. The highest BCUT2D eigenvalue weighted by molar-refractivity contribution is 5.01. The molecule has 1 atom stereocenters. The fourth-order valence-corrected chi connectivity index (χ4v) is 2.84. The lowest BCUT2D eigenvalue weighted by Crippen LogP contribution is -2.22. The van der Waals surface area contributed by atoms with Crippen LogP contribution in [0.4, 0.5) is 0 Å². The molecule has 0 bridgehead atoms. The molecule has 0 spiro atoms. The molecule has 1 N–H and O–H groups in total. The van der Waals surface area contributed by atoms with E-state index in [0.717, 1.165) is 31.7 Å². The molecule has 0 fully saturated rings. The molecule has 1 unspecified atom stereocenters. The van der Waals surface area contributed by atoms with Crippen LogP contribution in [0.1, 0.15) is 58.7 Å². The van der Waals surface area contributed by atoms with E-state index >= 15 is 0 Å². The maximum atomic E-state index is 4.77. The predicted octanol–water partition coefficient (Wildman–Crippen LogP) is 3.67. The molecule has 1 aromatic heterocycles. The summed E-state index contributed by atoms with van der Waals surface area (Å²) >= 11 is 0. The third-order valence-corrected chi connectivity index (χ3v) is 3.78. The molecule has 0 aromatic carbocycles. The van der Waals surface area contributed by atoms with E-state index in [1.807, 2.05) is 7.05 Å². The van der Waals surface area contributed by atoms with Crippen molar-refractivity contribution in [1.82, 2.24) is 15.1 Å². The van der Waals surface area contributed by atoms with Crippen molar-refractivity contribution < 1.29 is 0 Å². The highest BCUT2D eigenvalue weighted by Crippen LogP contribution is 2.18. The minimum atomic E-state index is 0.557. The highest BCUT2D eigenvalue weighted by Gasteiger charge is 2.14. The fourth-order valence-electron chi connectivity index (χ4n) is 2.84. The van der Waals surface area contributed by atoms with Crippen molar-refractivity contribution in [1.29, 1.82) is 0 Å². The molecule has 0 aliphatic heterocycles. The van der Waals surface area contributed by atoms with Gasteiger partial charge in [-0.15, -0.1) is 0 Å². The first-order valence-corrected chi connectivity index (χ1v) is 7.79. The second kappa shape index (κ2) is 8.36. The van der Waals surface area contributed by atoms with E-state index < -0.39 is 0 Å². The molecule has 0 amide bonds. The van der Waals surface area contributed by atoms with Gasteiger partial charge in [0.2, 0.25) is 0 Å². The second-order valence-corrected chi connectivity index (χ2v) is 6.01. The topological polar surface area (TPSA) is 29.9 Å². The Morgan fingerprint density at radius 2 is 1.95 bits per heavy atom. The number of aromatic nitrogens is 2. The zero-order chi connectivity index (χ0) is 14.3. The minimum Gasteiger partial charge on any atom is -0.319 e. The summed E-state index contributed by atoms with van der Waals surface area (Å²) in [6, 6.07) is 2.75. The number of nitrogens with zero attached hydrogens (tertiary/aromatic N) is 2. The van der Waals surface area contributed by atoms with Crippen LogP contribution < -0.4 is 5.32 Å². The molecule has 19 heavy (non-hydrogen) atoms. The Morgan fingerprint density at radius 1 is 1.26 bits per heavy atom. The molecule has 3 nitrogen and oxygen atoms in total. The van der Waals surface area contributed by atoms with Gasteiger partial charge in [0.05, 0.1) is 11.7 Å². The Labute approximate surface area is 118 Å². The van der Waals surface area contributed by atoms with E-state index in [0.29, 0.717) is 12.0 Å². The van der Waals surface area contributed by atoms with Gasteiger partial charge in [0.25, 0.3) is 0 Å². The van der Waals surface area contributed by atoms with Gasteiger partial charge < -0.3 is 5.32 Å². The second-order valence-electron chi connectivity index (χ2n) is 6.01. The zero-order valence-electron chi connectivity index (χ0n) is 13.3. The first-order chi connectivity index (χ1) is 9.10. The van der Waals surface area contributed by atoms with Crippen molar-refractivity contribution in [3.05, 3.63) is 18.0 Å². The lowest BCUT2D eigenvalue weighted by atomic mass is 9.93. The van der Waals surface area contributed by atoms with Crippen molar-refractivity contribution in [2.45, 2.75) is 59.4 Å². The summed E-state index contributed by atoms with van der Waals surface area (Å²) in [5, 5.41) is 8.08. The van der Waals surface area contributed by atoms with E-state index in [1.54, 1.807) is 0 Å². The Morgan fingerprint density at radius 3 is 2.47 bits per heavy atom. The zero-order valence-corrected chi connectivity index (χ0v) is 13.3. The minimum absolute atomic E-state index is 0.557. The summed E-state index contributed by atoms with van der Waals surface area (Å²) in [5.74, 6) is 1.44. The third kappa shape index (κ3) is 5.35. The quantitative estimate of drug-likeness (QED) is 0.738. The standard InChI is InChI=1S/C16H31N3/c1-6-16(7-2)19-9-8-15(18-19)11-14(12-17-5)10-13(3)4/h8-9,13-14,16-17H,6-7,10-12H2,1-5H3. The van der Waals surface area contributed by atoms with Crippen molar-refractivity contribution in [2.75, 3.05) is 13.6 Å². The molecule has 0 saturated heterocycles. The number of nitrogens with one attached hydrogen (secondary N) is 1. The van der Waals surface area contributed by atoms with Crippen molar-refractivity contribution >= 4 is 0 Å². The van der Waals surface area contributed by atoms with Gasteiger partial charge in [0.15, 0.2) is 0 Å². The van der Waals surface area contributed by atoms with E-state index in [9.17, 15) is 0 Å². The van der Waals surface area contributed by atoms with E-state index in [2.05, 4.69) is 50.0 Å². The van der Waals surface area contributed by atoms with E-state index in [4.69, 9.17) is 5.10 Å². The van der Waals surface area contributed by atoms with Crippen LogP contribution in [0.3, 0.4) is 0 Å². The Bertz CT molecular complexity index is 340. The molecule has 0 saturated carbocycles. The van der Waals surface area contributed by atoms with Gasteiger partial charge in [-0.3, -0.25) is 4.68 Å². The van der Waals surface area contributed by atoms with Gasteiger partial charge in [-0.25, -0.2) is 0 Å². The van der Waals surface area contributed by atoms with Gasteiger partial charge in [0, 0.05) is 6.20 Å². The van der Waals surface area contributed by atoms with Crippen molar-refractivity contribution in [3.63, 3.8) is 0 Å². The van der Waals surface area contributed by atoms with Gasteiger partial charge in [0.1, 0.15) is 0 Å². The first kappa shape index (κ1) is 16.2. The van der Waals surface area contributed by atoms with Crippen molar-refractivity contribution in [3.8, 4) is 0 Å². The lowest BCUT2D eigenvalue weighted by Gasteiger charge is -2.18. The number of rotatable bonds is 9. The number of hydrogen-bond donors (Lipinski definition) is 1. The van der Waals surface area contributed by atoms with Gasteiger partial charge in [-0.05, 0) is 57.2 Å². The summed E-state index contributed by atoms with van der Waals surface area (Å²) in [4.78, 5) is 0. The molecule has 110 valence electrons. The monoisotopic (exact) mass is 265 g/mol. The summed E-state index contributed by atoms with van der Waals surface area (Å²) < 4.78 is 2.15. The summed E-state index contributed by atoms with van der Waals surface area (Å²) in [6.07, 6.45) is 6.82. The third-order valence-electron chi connectivity index (χ3n) is 3.78. The average molecular weight is 265 g/mol. The van der Waals surface area contributed by atoms with Crippen LogP contribution in [0.5, 0.6) is 0 Å². The maximum Gasteiger partial charge on any atom is 0.0627 e. The number of hydrogen-bond acceptors (Lipinski definition) is 2. The summed E-state index contributed by atoms with van der Waals surface area (Å²) in [7, 11) is 2.04.